The van der Waals surface area contributed by atoms with E-state index in [1.165, 1.54) is 5.69 Å². The van der Waals surface area contributed by atoms with Crippen molar-refractivity contribution in [3.8, 4) is 0 Å². The summed E-state index contributed by atoms with van der Waals surface area (Å²) < 4.78 is 0. The minimum Gasteiger partial charge on any atom is -0.399 e. The van der Waals surface area contributed by atoms with E-state index in [1.807, 2.05) is 13.1 Å². The van der Waals surface area contributed by atoms with Gasteiger partial charge in [0.25, 0.3) is 0 Å². The summed E-state index contributed by atoms with van der Waals surface area (Å²) in [6.07, 6.45) is 1.01. The standard InChI is InChI=1S/C14H21N3O.2ClH/c1-14(15-2)9-10-17(11-13(14)16-18-3)12-7-5-4-6-8-12;;/h4-8,15H,9-11H2,1-3H3;2*1H. The van der Waals surface area contributed by atoms with Gasteiger partial charge in [0.2, 0.25) is 0 Å². The average molecular weight is 320 g/mol. The van der Waals surface area contributed by atoms with Crippen molar-refractivity contribution in [1.29, 1.82) is 0 Å². The van der Waals surface area contributed by atoms with E-state index in [4.69, 9.17) is 4.84 Å². The van der Waals surface area contributed by atoms with Crippen LogP contribution in [-0.2, 0) is 4.84 Å². The molecule has 1 heterocycles. The summed E-state index contributed by atoms with van der Waals surface area (Å²) in [5, 5.41) is 7.55. The van der Waals surface area contributed by atoms with Gasteiger partial charge >= 0.3 is 0 Å². The van der Waals surface area contributed by atoms with Gasteiger partial charge in [-0.2, -0.15) is 0 Å². The molecule has 1 aliphatic rings. The van der Waals surface area contributed by atoms with Crippen molar-refractivity contribution in [1.82, 2.24) is 5.32 Å². The first-order valence-electron chi connectivity index (χ1n) is 6.29. The molecule has 1 saturated heterocycles. The van der Waals surface area contributed by atoms with Crippen LogP contribution in [0.3, 0.4) is 0 Å². The minimum atomic E-state index is -0.0682. The summed E-state index contributed by atoms with van der Waals surface area (Å²) in [6, 6.07) is 10.4. The molecule has 0 aromatic heterocycles. The number of halogens is 2. The number of rotatable bonds is 3. The third kappa shape index (κ3) is 4.01. The van der Waals surface area contributed by atoms with Gasteiger partial charge < -0.3 is 15.1 Å². The number of oxime groups is 1. The smallest absolute Gasteiger partial charge is 0.106 e. The lowest BCUT2D eigenvalue weighted by Gasteiger charge is -2.40. The van der Waals surface area contributed by atoms with E-state index in [-0.39, 0.29) is 30.4 Å². The van der Waals surface area contributed by atoms with Gasteiger partial charge in [-0.05, 0) is 32.5 Å². The van der Waals surface area contributed by atoms with Gasteiger partial charge in [0, 0.05) is 12.2 Å². The molecule has 1 atom stereocenters. The molecule has 4 nitrogen and oxygen atoms in total. The van der Waals surface area contributed by atoms with Crippen LogP contribution in [0.1, 0.15) is 13.3 Å². The van der Waals surface area contributed by atoms with Gasteiger partial charge in [-0.15, -0.1) is 24.8 Å². The van der Waals surface area contributed by atoms with E-state index in [9.17, 15) is 0 Å². The molecule has 6 heteroatoms. The largest absolute Gasteiger partial charge is 0.399 e. The maximum atomic E-state index is 4.98. The van der Waals surface area contributed by atoms with Crippen LogP contribution in [0.5, 0.6) is 0 Å². The molecule has 0 bridgehead atoms. The van der Waals surface area contributed by atoms with Crippen LogP contribution in [0.25, 0.3) is 0 Å². The number of nitrogens with zero attached hydrogens (tertiary/aromatic N) is 2. The minimum absolute atomic E-state index is 0. The molecule has 1 aromatic rings. The van der Waals surface area contributed by atoms with E-state index >= 15 is 0 Å². The Morgan fingerprint density at radius 3 is 2.45 bits per heavy atom. The van der Waals surface area contributed by atoms with E-state index < -0.39 is 0 Å². The Bertz CT molecular complexity index is 428. The van der Waals surface area contributed by atoms with Crippen molar-refractivity contribution < 1.29 is 4.84 Å². The van der Waals surface area contributed by atoms with Crippen LogP contribution in [0.4, 0.5) is 5.69 Å². The SMILES string of the molecule is CNC1(C)CCN(c2ccccc2)CC1=NOC.Cl.Cl. The molecule has 0 amide bonds. The summed E-state index contributed by atoms with van der Waals surface area (Å²) in [5.41, 5.74) is 2.21. The number of para-hydroxylation sites is 1. The molecule has 1 N–H and O–H groups in total. The van der Waals surface area contributed by atoms with Crippen molar-refractivity contribution >= 4 is 36.2 Å². The van der Waals surface area contributed by atoms with Crippen molar-refractivity contribution in [2.24, 2.45) is 5.16 Å². The second kappa shape index (κ2) is 8.35. The fourth-order valence-corrected chi connectivity index (χ4v) is 2.31. The molecule has 0 spiro atoms. The van der Waals surface area contributed by atoms with Crippen molar-refractivity contribution in [3.05, 3.63) is 30.3 Å². The van der Waals surface area contributed by atoms with Crippen molar-refractivity contribution in [2.75, 3.05) is 32.1 Å². The Morgan fingerprint density at radius 1 is 1.25 bits per heavy atom. The van der Waals surface area contributed by atoms with Crippen LogP contribution < -0.4 is 10.2 Å². The predicted molar refractivity (Wildman–Crippen MR) is 89.7 cm³/mol. The monoisotopic (exact) mass is 319 g/mol. The highest BCUT2D eigenvalue weighted by Crippen LogP contribution is 2.24. The highest BCUT2D eigenvalue weighted by Gasteiger charge is 2.35. The predicted octanol–water partition coefficient (Wildman–Crippen LogP) is 2.72. The first-order valence-corrected chi connectivity index (χ1v) is 6.29. The molecule has 2 rings (SSSR count). The fraction of sp³-hybridized carbons (Fsp3) is 0.500. The van der Waals surface area contributed by atoms with Crippen LogP contribution in [0.2, 0.25) is 0 Å². The second-order valence-electron chi connectivity index (χ2n) is 4.81. The van der Waals surface area contributed by atoms with Gasteiger partial charge in [-0.3, -0.25) is 0 Å². The second-order valence-corrected chi connectivity index (χ2v) is 4.81. The summed E-state index contributed by atoms with van der Waals surface area (Å²) >= 11 is 0. The number of hydrogen-bond donors (Lipinski definition) is 1. The van der Waals surface area contributed by atoms with Crippen LogP contribution >= 0.6 is 24.8 Å². The Hall–Kier alpha value is -0.970. The van der Waals surface area contributed by atoms with Crippen LogP contribution in [0, 0.1) is 0 Å². The zero-order valence-corrected chi connectivity index (χ0v) is 13.8. The summed E-state index contributed by atoms with van der Waals surface area (Å²) in [4.78, 5) is 7.31. The number of benzene rings is 1. The molecule has 1 aliphatic heterocycles. The molecule has 1 aromatic carbocycles. The molecular weight excluding hydrogens is 297 g/mol. The van der Waals surface area contributed by atoms with Crippen LogP contribution in [0.15, 0.2) is 35.5 Å². The first kappa shape index (κ1) is 19.0. The highest BCUT2D eigenvalue weighted by molar-refractivity contribution is 5.97. The van der Waals surface area contributed by atoms with E-state index in [0.29, 0.717) is 0 Å². The average Bonchev–Trinajstić information content (AvgIpc) is 2.42. The lowest BCUT2D eigenvalue weighted by atomic mass is 9.87. The fourth-order valence-electron chi connectivity index (χ4n) is 2.31. The maximum absolute atomic E-state index is 4.98. The quantitative estimate of drug-likeness (QED) is 0.870. The van der Waals surface area contributed by atoms with Gasteiger partial charge in [-0.25, -0.2) is 0 Å². The van der Waals surface area contributed by atoms with Crippen LogP contribution in [-0.4, -0.2) is 38.5 Å². The Kier molecular flexibility index (Phi) is 7.94. The number of piperidine rings is 1. The van der Waals surface area contributed by atoms with Gasteiger partial charge in [0.15, 0.2) is 0 Å². The zero-order chi connectivity index (χ0) is 13.0. The molecule has 1 fully saturated rings. The van der Waals surface area contributed by atoms with Crippen molar-refractivity contribution in [2.45, 2.75) is 18.9 Å². The van der Waals surface area contributed by atoms with E-state index in [2.05, 4.69) is 46.6 Å². The molecule has 0 saturated carbocycles. The summed E-state index contributed by atoms with van der Waals surface area (Å²) in [6.45, 7) is 3.99. The molecule has 1 unspecified atom stereocenters. The maximum Gasteiger partial charge on any atom is 0.106 e. The number of hydrogen-bond acceptors (Lipinski definition) is 4. The van der Waals surface area contributed by atoms with E-state index in [0.717, 1.165) is 25.2 Å². The van der Waals surface area contributed by atoms with Gasteiger partial charge in [-0.1, -0.05) is 23.4 Å². The van der Waals surface area contributed by atoms with Gasteiger partial charge in [0.1, 0.15) is 7.11 Å². The summed E-state index contributed by atoms with van der Waals surface area (Å²) in [7, 11) is 3.58. The molecule has 114 valence electrons. The molecule has 20 heavy (non-hydrogen) atoms. The third-order valence-electron chi connectivity index (χ3n) is 3.73. The highest BCUT2D eigenvalue weighted by atomic mass is 35.5. The normalized spacial score (nSPS) is 23.8. The first-order chi connectivity index (χ1) is 8.69. The molecule has 0 radical (unpaired) electrons. The lowest BCUT2D eigenvalue weighted by Crippen LogP contribution is -2.57. The Morgan fingerprint density at radius 2 is 1.90 bits per heavy atom. The lowest BCUT2D eigenvalue weighted by molar-refractivity contribution is 0.207. The van der Waals surface area contributed by atoms with E-state index in [1.54, 1.807) is 7.11 Å². The third-order valence-corrected chi connectivity index (χ3v) is 3.73. The number of anilines is 1. The molecular formula is C14H23Cl2N3O. The molecule has 0 aliphatic carbocycles. The number of nitrogens with one attached hydrogen (secondary N) is 1. The van der Waals surface area contributed by atoms with Gasteiger partial charge in [0.05, 0.1) is 17.8 Å². The zero-order valence-electron chi connectivity index (χ0n) is 12.1. The Labute approximate surface area is 133 Å². The summed E-state index contributed by atoms with van der Waals surface area (Å²) in [5.74, 6) is 0. The Balaban J connectivity index is 0.00000180. The topological polar surface area (TPSA) is 36.9 Å². The van der Waals surface area contributed by atoms with Crippen molar-refractivity contribution in [3.63, 3.8) is 0 Å².